The molecule has 0 bridgehead atoms. The van der Waals surface area contributed by atoms with Crippen molar-refractivity contribution < 1.29 is 14.3 Å². The van der Waals surface area contributed by atoms with Gasteiger partial charge in [0.2, 0.25) is 0 Å². The molecule has 1 aromatic carbocycles. The van der Waals surface area contributed by atoms with E-state index in [1.807, 2.05) is 32.9 Å². The highest BCUT2D eigenvalue weighted by molar-refractivity contribution is 5.95. The molecule has 0 aliphatic carbocycles. The summed E-state index contributed by atoms with van der Waals surface area (Å²) in [7, 11) is 0. The Kier molecular flexibility index (Phi) is 3.70. The van der Waals surface area contributed by atoms with Gasteiger partial charge in [-0.2, -0.15) is 0 Å². The topological polar surface area (TPSA) is 35.5 Å². The van der Waals surface area contributed by atoms with E-state index in [-0.39, 0.29) is 5.97 Å². The molecule has 0 saturated heterocycles. The average molecular weight is 246 g/mol. The second kappa shape index (κ2) is 5.25. The number of hydrogen-bond donors (Lipinski definition) is 0. The molecule has 0 radical (unpaired) electrons. The van der Waals surface area contributed by atoms with E-state index < -0.39 is 0 Å². The number of ether oxygens (including phenoxy) is 2. The average Bonchev–Trinajstić information content (AvgIpc) is 2.55. The first-order valence-electron chi connectivity index (χ1n) is 6.23. The highest BCUT2D eigenvalue weighted by atomic mass is 16.5. The smallest absolute Gasteiger partial charge is 0.342 e. The van der Waals surface area contributed by atoms with Crippen LogP contribution in [0.5, 0.6) is 5.75 Å². The van der Waals surface area contributed by atoms with Gasteiger partial charge in [0.05, 0.1) is 6.61 Å². The van der Waals surface area contributed by atoms with Crippen LogP contribution in [0.25, 0.3) is 0 Å². The summed E-state index contributed by atoms with van der Waals surface area (Å²) in [5, 5.41) is 0. The molecule has 0 atom stereocenters. The molecule has 0 spiro atoms. The van der Waals surface area contributed by atoms with E-state index in [9.17, 15) is 4.79 Å². The minimum Gasteiger partial charge on any atom is -0.488 e. The van der Waals surface area contributed by atoms with E-state index >= 15 is 0 Å². The second-order valence-corrected chi connectivity index (χ2v) is 4.40. The molecule has 1 aliphatic heterocycles. The summed E-state index contributed by atoms with van der Waals surface area (Å²) in [6.45, 7) is 6.65. The Bertz CT molecular complexity index is 501. The summed E-state index contributed by atoms with van der Waals surface area (Å²) in [4.78, 5) is 12.0. The third-order valence-electron chi connectivity index (χ3n) is 3.10. The van der Waals surface area contributed by atoms with Crippen molar-refractivity contribution >= 4 is 5.97 Å². The maximum atomic E-state index is 12.0. The van der Waals surface area contributed by atoms with Gasteiger partial charge in [-0.3, -0.25) is 0 Å². The van der Waals surface area contributed by atoms with Crippen LogP contribution in [0.2, 0.25) is 0 Å². The van der Waals surface area contributed by atoms with Crippen LogP contribution in [0, 0.1) is 13.8 Å². The molecular formula is C15H18O3. The third-order valence-corrected chi connectivity index (χ3v) is 3.10. The van der Waals surface area contributed by atoms with Gasteiger partial charge in [0.15, 0.2) is 0 Å². The number of allylic oxidation sites excluding steroid dienone is 1. The molecule has 1 aliphatic rings. The number of benzene rings is 1. The predicted octanol–water partition coefficient (Wildman–Crippen LogP) is 2.97. The Labute approximate surface area is 107 Å². The molecule has 0 saturated carbocycles. The predicted molar refractivity (Wildman–Crippen MR) is 70.2 cm³/mol. The lowest BCUT2D eigenvalue weighted by atomic mass is 9.96. The zero-order chi connectivity index (χ0) is 13.1. The Morgan fingerprint density at radius 3 is 2.83 bits per heavy atom. The summed E-state index contributed by atoms with van der Waals surface area (Å²) in [5.74, 6) is 0.393. The summed E-state index contributed by atoms with van der Waals surface area (Å²) < 4.78 is 10.8. The normalized spacial score (nSPS) is 13.5. The monoisotopic (exact) mass is 246 g/mol. The summed E-state index contributed by atoms with van der Waals surface area (Å²) >= 11 is 0. The lowest BCUT2D eigenvalue weighted by Crippen LogP contribution is -2.12. The molecule has 1 aromatic rings. The molecule has 3 nitrogen and oxygen atoms in total. The van der Waals surface area contributed by atoms with Gasteiger partial charge in [-0.05, 0) is 38.3 Å². The minimum absolute atomic E-state index is 0.298. The van der Waals surface area contributed by atoms with Crippen LogP contribution in [-0.2, 0) is 11.2 Å². The standard InChI is InChI=1S/C15H18O3/c1-4-17-15(16)13-11(3)9-10(2)12-7-5-6-8-18-14(12)13/h5-6,9H,4,7-8H2,1-3H3. The largest absolute Gasteiger partial charge is 0.488 e. The molecule has 3 heteroatoms. The van der Waals surface area contributed by atoms with Crippen LogP contribution in [0.4, 0.5) is 0 Å². The van der Waals surface area contributed by atoms with Gasteiger partial charge >= 0.3 is 5.97 Å². The number of aryl methyl sites for hydroxylation is 2. The number of carbonyl (C=O) groups excluding carboxylic acids is 1. The fourth-order valence-electron chi connectivity index (χ4n) is 2.26. The highest BCUT2D eigenvalue weighted by Gasteiger charge is 2.22. The lowest BCUT2D eigenvalue weighted by molar-refractivity contribution is 0.0521. The zero-order valence-corrected chi connectivity index (χ0v) is 11.1. The van der Waals surface area contributed by atoms with E-state index in [1.165, 1.54) is 0 Å². The van der Waals surface area contributed by atoms with Crippen molar-refractivity contribution in [2.24, 2.45) is 0 Å². The van der Waals surface area contributed by atoms with Gasteiger partial charge in [0.25, 0.3) is 0 Å². The first-order valence-corrected chi connectivity index (χ1v) is 6.23. The lowest BCUT2D eigenvalue weighted by Gasteiger charge is -2.16. The molecule has 0 fully saturated rings. The fraction of sp³-hybridized carbons (Fsp3) is 0.400. The Morgan fingerprint density at radius 2 is 2.11 bits per heavy atom. The van der Waals surface area contributed by atoms with Gasteiger partial charge in [-0.25, -0.2) is 4.79 Å². The van der Waals surface area contributed by atoms with Crippen LogP contribution in [0.15, 0.2) is 18.2 Å². The highest BCUT2D eigenvalue weighted by Crippen LogP contribution is 2.32. The van der Waals surface area contributed by atoms with Crippen molar-refractivity contribution in [3.05, 3.63) is 40.5 Å². The van der Waals surface area contributed by atoms with Crippen molar-refractivity contribution in [1.29, 1.82) is 0 Å². The number of hydrogen-bond acceptors (Lipinski definition) is 3. The molecule has 0 amide bonds. The Balaban J connectivity index is 2.56. The maximum absolute atomic E-state index is 12.0. The summed E-state index contributed by atoms with van der Waals surface area (Å²) in [6.07, 6.45) is 4.85. The van der Waals surface area contributed by atoms with E-state index in [2.05, 4.69) is 6.08 Å². The molecule has 1 heterocycles. The number of rotatable bonds is 2. The molecule has 0 unspecified atom stereocenters. The van der Waals surface area contributed by atoms with E-state index in [1.54, 1.807) is 0 Å². The Morgan fingerprint density at radius 1 is 1.33 bits per heavy atom. The van der Waals surface area contributed by atoms with Crippen LogP contribution in [0.1, 0.15) is 34.0 Å². The summed E-state index contributed by atoms with van der Waals surface area (Å²) in [6, 6.07) is 2.02. The number of carbonyl (C=O) groups is 1. The molecule has 18 heavy (non-hydrogen) atoms. The molecule has 0 aromatic heterocycles. The molecular weight excluding hydrogens is 228 g/mol. The van der Waals surface area contributed by atoms with Gasteiger partial charge < -0.3 is 9.47 Å². The van der Waals surface area contributed by atoms with Gasteiger partial charge in [0.1, 0.15) is 17.9 Å². The summed E-state index contributed by atoms with van der Waals surface area (Å²) in [5.41, 5.74) is 3.72. The number of esters is 1. The van der Waals surface area contributed by atoms with Crippen LogP contribution >= 0.6 is 0 Å². The molecule has 0 N–H and O–H groups in total. The first-order chi connectivity index (χ1) is 8.65. The van der Waals surface area contributed by atoms with Crippen molar-refractivity contribution in [1.82, 2.24) is 0 Å². The third kappa shape index (κ3) is 2.26. The minimum atomic E-state index is -0.298. The van der Waals surface area contributed by atoms with E-state index in [4.69, 9.17) is 9.47 Å². The van der Waals surface area contributed by atoms with Crippen molar-refractivity contribution in [3.63, 3.8) is 0 Å². The van der Waals surface area contributed by atoms with E-state index in [0.29, 0.717) is 24.5 Å². The number of fused-ring (bicyclic) bond motifs is 1. The van der Waals surface area contributed by atoms with Crippen LogP contribution < -0.4 is 4.74 Å². The van der Waals surface area contributed by atoms with Gasteiger partial charge in [-0.1, -0.05) is 18.2 Å². The fourth-order valence-corrected chi connectivity index (χ4v) is 2.26. The van der Waals surface area contributed by atoms with Gasteiger partial charge in [0, 0.05) is 5.56 Å². The molecule has 96 valence electrons. The quantitative estimate of drug-likeness (QED) is 0.594. The van der Waals surface area contributed by atoms with Crippen molar-refractivity contribution in [2.45, 2.75) is 27.2 Å². The van der Waals surface area contributed by atoms with E-state index in [0.717, 1.165) is 23.1 Å². The Hall–Kier alpha value is -1.77. The first kappa shape index (κ1) is 12.7. The second-order valence-electron chi connectivity index (χ2n) is 4.40. The molecule has 2 rings (SSSR count). The van der Waals surface area contributed by atoms with Gasteiger partial charge in [-0.15, -0.1) is 0 Å². The van der Waals surface area contributed by atoms with Crippen molar-refractivity contribution in [2.75, 3.05) is 13.2 Å². The zero-order valence-electron chi connectivity index (χ0n) is 11.1. The van der Waals surface area contributed by atoms with Crippen molar-refractivity contribution in [3.8, 4) is 5.75 Å². The van der Waals surface area contributed by atoms with Crippen LogP contribution in [0.3, 0.4) is 0 Å². The maximum Gasteiger partial charge on any atom is 0.342 e. The van der Waals surface area contributed by atoms with Crippen LogP contribution in [-0.4, -0.2) is 19.2 Å². The SMILES string of the molecule is CCOC(=O)c1c(C)cc(C)c2c1OCC=CC2.